The van der Waals surface area contributed by atoms with Crippen LogP contribution in [-0.2, 0) is 6.54 Å². The summed E-state index contributed by atoms with van der Waals surface area (Å²) in [5.41, 5.74) is 3.53. The molecule has 1 aliphatic rings. The number of benzene rings is 1. The maximum atomic E-state index is 9.44. The highest BCUT2D eigenvalue weighted by atomic mass is 16.3. The summed E-state index contributed by atoms with van der Waals surface area (Å²) in [6.45, 7) is 7.48. The second-order valence-corrected chi connectivity index (χ2v) is 6.41. The number of rotatable bonds is 3. The molecule has 1 aromatic heterocycles. The van der Waals surface area contributed by atoms with Crippen LogP contribution in [-0.4, -0.2) is 34.7 Å². The number of hydrogen-bond donors (Lipinski definition) is 1. The van der Waals surface area contributed by atoms with Crippen molar-refractivity contribution in [1.82, 2.24) is 9.88 Å². The van der Waals surface area contributed by atoms with E-state index >= 15 is 0 Å². The van der Waals surface area contributed by atoms with Crippen LogP contribution in [0.1, 0.15) is 24.6 Å². The van der Waals surface area contributed by atoms with Gasteiger partial charge in [-0.2, -0.15) is 0 Å². The third-order valence-electron chi connectivity index (χ3n) is 4.32. The molecule has 0 amide bonds. The summed E-state index contributed by atoms with van der Waals surface area (Å²) < 4.78 is 0. The number of aliphatic hydroxyl groups is 1. The van der Waals surface area contributed by atoms with E-state index in [1.165, 1.54) is 10.9 Å². The van der Waals surface area contributed by atoms with Gasteiger partial charge in [-0.25, -0.2) is 0 Å². The molecule has 20 heavy (non-hydrogen) atoms. The zero-order valence-electron chi connectivity index (χ0n) is 12.3. The van der Waals surface area contributed by atoms with Gasteiger partial charge in [0.15, 0.2) is 0 Å². The second kappa shape index (κ2) is 5.15. The third kappa shape index (κ3) is 2.69. The molecule has 1 aromatic carbocycles. The summed E-state index contributed by atoms with van der Waals surface area (Å²) in [5, 5.41) is 10.6. The van der Waals surface area contributed by atoms with Gasteiger partial charge >= 0.3 is 0 Å². The van der Waals surface area contributed by atoms with Crippen molar-refractivity contribution in [1.29, 1.82) is 0 Å². The largest absolute Gasteiger partial charge is 0.396 e. The molecule has 1 fully saturated rings. The van der Waals surface area contributed by atoms with Crippen molar-refractivity contribution >= 4 is 10.9 Å². The van der Waals surface area contributed by atoms with Crippen LogP contribution in [0.25, 0.3) is 10.9 Å². The van der Waals surface area contributed by atoms with E-state index in [4.69, 9.17) is 0 Å². The molecule has 0 radical (unpaired) electrons. The quantitative estimate of drug-likeness (QED) is 0.931. The Morgan fingerprint density at radius 2 is 2.15 bits per heavy atom. The van der Waals surface area contributed by atoms with Crippen molar-refractivity contribution < 1.29 is 5.11 Å². The van der Waals surface area contributed by atoms with E-state index in [1.54, 1.807) is 0 Å². The van der Waals surface area contributed by atoms with Gasteiger partial charge in [0.2, 0.25) is 0 Å². The topological polar surface area (TPSA) is 36.4 Å². The highest BCUT2D eigenvalue weighted by Crippen LogP contribution is 2.30. The first-order valence-corrected chi connectivity index (χ1v) is 7.28. The molecule has 0 aliphatic carbocycles. The minimum absolute atomic E-state index is 0.0789. The lowest BCUT2D eigenvalue weighted by molar-refractivity contribution is 0.144. The fourth-order valence-electron chi connectivity index (χ4n) is 3.02. The number of pyridine rings is 1. The standard InChI is InChI=1S/C17H22N2O/c1-13-3-5-15-9-14(4-6-16(15)18-13)10-19-8-7-17(2,11-19)12-20/h3-6,9,20H,7-8,10-12H2,1-2H3/t17-/m0/s1. The summed E-state index contributed by atoms with van der Waals surface area (Å²) in [5.74, 6) is 0. The number of aliphatic hydroxyl groups excluding tert-OH is 1. The molecule has 2 aromatic rings. The average molecular weight is 270 g/mol. The molecule has 1 N–H and O–H groups in total. The van der Waals surface area contributed by atoms with E-state index in [0.717, 1.165) is 37.3 Å². The molecule has 3 nitrogen and oxygen atoms in total. The number of fused-ring (bicyclic) bond motifs is 1. The van der Waals surface area contributed by atoms with Crippen LogP contribution in [0, 0.1) is 12.3 Å². The van der Waals surface area contributed by atoms with E-state index in [0.29, 0.717) is 0 Å². The number of hydrogen-bond acceptors (Lipinski definition) is 3. The molecule has 0 bridgehead atoms. The van der Waals surface area contributed by atoms with E-state index in [2.05, 4.69) is 47.1 Å². The van der Waals surface area contributed by atoms with Crippen molar-refractivity contribution in [3.8, 4) is 0 Å². The van der Waals surface area contributed by atoms with Crippen LogP contribution in [0.2, 0.25) is 0 Å². The summed E-state index contributed by atoms with van der Waals surface area (Å²) >= 11 is 0. The average Bonchev–Trinajstić information content (AvgIpc) is 2.81. The Morgan fingerprint density at radius 1 is 1.30 bits per heavy atom. The summed E-state index contributed by atoms with van der Waals surface area (Å²) in [6.07, 6.45) is 1.08. The van der Waals surface area contributed by atoms with E-state index in [1.807, 2.05) is 6.92 Å². The highest BCUT2D eigenvalue weighted by molar-refractivity contribution is 5.79. The lowest BCUT2D eigenvalue weighted by Gasteiger charge is -2.22. The normalized spacial score (nSPS) is 23.6. The number of aryl methyl sites for hydroxylation is 1. The molecule has 3 rings (SSSR count). The van der Waals surface area contributed by atoms with E-state index in [-0.39, 0.29) is 12.0 Å². The maximum absolute atomic E-state index is 9.44. The first-order chi connectivity index (χ1) is 9.58. The molecule has 1 atom stereocenters. The zero-order valence-corrected chi connectivity index (χ0v) is 12.3. The fraction of sp³-hybridized carbons (Fsp3) is 0.471. The Hall–Kier alpha value is -1.45. The lowest BCUT2D eigenvalue weighted by Crippen LogP contribution is -2.27. The van der Waals surface area contributed by atoms with Gasteiger partial charge in [-0.3, -0.25) is 9.88 Å². The van der Waals surface area contributed by atoms with Crippen LogP contribution in [0.15, 0.2) is 30.3 Å². The highest BCUT2D eigenvalue weighted by Gasteiger charge is 2.32. The molecular formula is C17H22N2O. The van der Waals surface area contributed by atoms with Gasteiger partial charge < -0.3 is 5.11 Å². The maximum Gasteiger partial charge on any atom is 0.0705 e. The van der Waals surface area contributed by atoms with Crippen LogP contribution in [0.3, 0.4) is 0 Å². The first kappa shape index (κ1) is 13.5. The minimum atomic E-state index is 0.0789. The molecular weight excluding hydrogens is 248 g/mol. The van der Waals surface area contributed by atoms with Gasteiger partial charge in [0.05, 0.1) is 5.52 Å². The fourth-order valence-corrected chi connectivity index (χ4v) is 3.02. The predicted molar refractivity (Wildman–Crippen MR) is 81.6 cm³/mol. The monoisotopic (exact) mass is 270 g/mol. The first-order valence-electron chi connectivity index (χ1n) is 7.28. The molecule has 0 unspecified atom stereocenters. The van der Waals surface area contributed by atoms with Gasteiger partial charge in [-0.1, -0.05) is 19.1 Å². The van der Waals surface area contributed by atoms with Crippen LogP contribution < -0.4 is 0 Å². The van der Waals surface area contributed by atoms with Gasteiger partial charge in [0.1, 0.15) is 0 Å². The van der Waals surface area contributed by atoms with E-state index < -0.39 is 0 Å². The van der Waals surface area contributed by atoms with Crippen LogP contribution >= 0.6 is 0 Å². The Labute approximate surface area is 120 Å². The van der Waals surface area contributed by atoms with E-state index in [9.17, 15) is 5.11 Å². The number of aromatic nitrogens is 1. The summed E-state index contributed by atoms with van der Waals surface area (Å²) in [4.78, 5) is 6.97. The van der Waals surface area contributed by atoms with Crippen molar-refractivity contribution in [2.75, 3.05) is 19.7 Å². The second-order valence-electron chi connectivity index (χ2n) is 6.41. The minimum Gasteiger partial charge on any atom is -0.396 e. The van der Waals surface area contributed by atoms with Crippen LogP contribution in [0.4, 0.5) is 0 Å². The van der Waals surface area contributed by atoms with Gasteiger partial charge in [-0.15, -0.1) is 0 Å². The van der Waals surface area contributed by atoms with Crippen molar-refractivity contribution in [2.24, 2.45) is 5.41 Å². The van der Waals surface area contributed by atoms with Crippen molar-refractivity contribution in [3.63, 3.8) is 0 Å². The van der Waals surface area contributed by atoms with Crippen molar-refractivity contribution in [3.05, 3.63) is 41.6 Å². The summed E-state index contributed by atoms with van der Waals surface area (Å²) in [6, 6.07) is 10.7. The Balaban J connectivity index is 1.77. The molecule has 1 aliphatic heterocycles. The number of likely N-dealkylation sites (tertiary alicyclic amines) is 1. The van der Waals surface area contributed by atoms with Crippen molar-refractivity contribution in [2.45, 2.75) is 26.8 Å². The van der Waals surface area contributed by atoms with Gasteiger partial charge in [0, 0.05) is 36.2 Å². The van der Waals surface area contributed by atoms with Crippen LogP contribution in [0.5, 0.6) is 0 Å². The SMILES string of the molecule is Cc1ccc2cc(CN3CC[C@](C)(CO)C3)ccc2n1. The molecule has 3 heteroatoms. The Bertz CT molecular complexity index is 625. The predicted octanol–water partition coefficient (Wildman–Crippen LogP) is 2.75. The molecule has 0 spiro atoms. The zero-order chi connectivity index (χ0) is 14.2. The molecule has 1 saturated heterocycles. The Kier molecular flexibility index (Phi) is 3.48. The third-order valence-corrected chi connectivity index (χ3v) is 4.32. The number of nitrogens with zero attached hydrogens (tertiary/aromatic N) is 2. The lowest BCUT2D eigenvalue weighted by atomic mass is 9.91. The molecule has 2 heterocycles. The van der Waals surface area contributed by atoms with Gasteiger partial charge in [-0.05, 0) is 43.7 Å². The molecule has 106 valence electrons. The van der Waals surface area contributed by atoms with Gasteiger partial charge in [0.25, 0.3) is 0 Å². The Morgan fingerprint density at radius 3 is 2.90 bits per heavy atom. The summed E-state index contributed by atoms with van der Waals surface area (Å²) in [7, 11) is 0. The smallest absolute Gasteiger partial charge is 0.0705 e. The molecule has 0 saturated carbocycles.